The van der Waals surface area contributed by atoms with Crippen LogP contribution >= 0.6 is 0 Å². The standard InChI is InChI=1S/3C7H10O5.3C3H6O2.Al/c3*1-3-6(9)11-12-7(10)4-5(2)8;3*1-2-3(4)5;/h3*3-4H2,1-2H3;3*2H2,1H3,(H,4,5);/q;;;;;;+3/p-3. The van der Waals surface area contributed by atoms with Gasteiger partial charge in [-0.25, -0.2) is 58.1 Å². The molecule has 0 aliphatic rings. The molecule has 0 atom stereocenters. The van der Waals surface area contributed by atoms with Gasteiger partial charge in [-0.05, 0) is 40.0 Å². The molecular weight excluding hydrogens is 723 g/mol. The van der Waals surface area contributed by atoms with Crippen LogP contribution in [0.5, 0.6) is 0 Å². The fourth-order valence-electron chi connectivity index (χ4n) is 1.15. The molecule has 0 saturated carbocycles. The van der Waals surface area contributed by atoms with Crippen molar-refractivity contribution in [3.8, 4) is 0 Å². The monoisotopic (exact) mass is 768 g/mol. The largest absolute Gasteiger partial charge is 3.00 e. The molecule has 0 rings (SSSR count). The van der Waals surface area contributed by atoms with Crippen molar-refractivity contribution in [2.45, 2.75) is 120 Å². The van der Waals surface area contributed by atoms with E-state index in [0.29, 0.717) is 0 Å². The van der Waals surface area contributed by atoms with Gasteiger partial charge in [-0.1, -0.05) is 41.5 Å². The molecule has 52 heavy (non-hydrogen) atoms. The Morgan fingerprint density at radius 2 is 0.462 bits per heavy atom. The molecule has 0 bridgehead atoms. The molecule has 22 heteroatoms. The van der Waals surface area contributed by atoms with Crippen molar-refractivity contribution in [1.82, 2.24) is 0 Å². The van der Waals surface area contributed by atoms with E-state index < -0.39 is 53.7 Å². The molecule has 0 unspecified atom stereocenters. The van der Waals surface area contributed by atoms with E-state index in [1.54, 1.807) is 20.8 Å². The fraction of sp³-hybridized carbons (Fsp3) is 0.600. The summed E-state index contributed by atoms with van der Waals surface area (Å²) >= 11 is 0. The van der Waals surface area contributed by atoms with Gasteiger partial charge >= 0.3 is 53.2 Å². The van der Waals surface area contributed by atoms with Gasteiger partial charge in [-0.15, -0.1) is 0 Å². The molecule has 0 saturated heterocycles. The Morgan fingerprint density at radius 1 is 0.327 bits per heavy atom. The van der Waals surface area contributed by atoms with Crippen molar-refractivity contribution in [2.75, 3.05) is 0 Å². The fourth-order valence-corrected chi connectivity index (χ4v) is 1.15. The van der Waals surface area contributed by atoms with Crippen LogP contribution in [-0.2, 0) is 86.9 Å². The average Bonchev–Trinajstić information content (AvgIpc) is 3.05. The van der Waals surface area contributed by atoms with Crippen molar-refractivity contribution in [1.29, 1.82) is 0 Å². The number of ketones is 3. The van der Waals surface area contributed by atoms with Crippen LogP contribution in [0.1, 0.15) is 120 Å². The van der Waals surface area contributed by atoms with E-state index in [1.165, 1.54) is 41.5 Å². The van der Waals surface area contributed by atoms with E-state index in [0.717, 1.165) is 0 Å². The molecule has 0 heterocycles. The van der Waals surface area contributed by atoms with E-state index in [2.05, 4.69) is 29.3 Å². The summed E-state index contributed by atoms with van der Waals surface area (Å²) in [7, 11) is 0. The van der Waals surface area contributed by atoms with Gasteiger partial charge in [0.05, 0.1) is 0 Å². The van der Waals surface area contributed by atoms with E-state index in [-0.39, 0.29) is 92.5 Å². The van der Waals surface area contributed by atoms with Crippen LogP contribution in [0.2, 0.25) is 0 Å². The van der Waals surface area contributed by atoms with Crippen molar-refractivity contribution in [3.63, 3.8) is 0 Å². The number of carboxylic acid groups (broad SMARTS) is 3. The summed E-state index contributed by atoms with van der Waals surface area (Å²) in [4.78, 5) is 146. The van der Waals surface area contributed by atoms with Gasteiger partial charge in [0.25, 0.3) is 0 Å². The van der Waals surface area contributed by atoms with Crippen molar-refractivity contribution < 1.29 is 102 Å². The first-order valence-electron chi connectivity index (χ1n) is 14.8. The summed E-state index contributed by atoms with van der Waals surface area (Å²) < 4.78 is 0. The van der Waals surface area contributed by atoms with Gasteiger partial charge in [0, 0.05) is 37.2 Å². The third-order valence-electron chi connectivity index (χ3n) is 3.59. The van der Waals surface area contributed by atoms with E-state index in [4.69, 9.17) is 0 Å². The Balaban J connectivity index is -0.0000000972. The van der Waals surface area contributed by atoms with Crippen LogP contribution in [0.3, 0.4) is 0 Å². The summed E-state index contributed by atoms with van der Waals surface area (Å²) in [5.41, 5.74) is 0. The predicted octanol–water partition coefficient (Wildman–Crippen LogP) is -1.81. The number of hydrogen-bond acceptors (Lipinski definition) is 21. The molecular formula is C30H45AlO21. The van der Waals surface area contributed by atoms with E-state index in [1.807, 2.05) is 0 Å². The van der Waals surface area contributed by atoms with Gasteiger partial charge in [0.2, 0.25) is 0 Å². The third-order valence-corrected chi connectivity index (χ3v) is 3.59. The Kier molecular flexibility index (Phi) is 52.2. The molecule has 294 valence electrons. The number of aliphatic carboxylic acids is 3. The van der Waals surface area contributed by atoms with Crippen LogP contribution in [0.15, 0.2) is 0 Å². The smallest absolute Gasteiger partial charge is 0.550 e. The number of rotatable bonds is 12. The Hall–Kier alpha value is -5.23. The minimum absolute atomic E-state index is 0. The maximum atomic E-state index is 10.6. The molecule has 0 aliphatic heterocycles. The van der Waals surface area contributed by atoms with Gasteiger partial charge < -0.3 is 29.7 Å². The minimum atomic E-state index is -0.995. The summed E-state index contributed by atoms with van der Waals surface area (Å²) in [6.07, 6.45) is -0.445. The molecule has 0 aliphatic carbocycles. The summed E-state index contributed by atoms with van der Waals surface area (Å²) in [5.74, 6) is -8.52. The zero-order chi connectivity index (χ0) is 41.5. The molecule has 0 N–H and O–H groups in total. The van der Waals surface area contributed by atoms with Crippen molar-refractivity contribution >= 4 is 88.4 Å². The Morgan fingerprint density at radius 3 is 0.558 bits per heavy atom. The zero-order valence-electron chi connectivity index (χ0n) is 30.5. The molecule has 0 fully saturated rings. The molecule has 0 aromatic heterocycles. The number of Topliss-reactive ketones (excluding diaryl/α,β-unsaturated/α-hetero) is 3. The molecule has 21 nitrogen and oxygen atoms in total. The number of carbonyl (C=O) groups is 12. The second-order valence-electron chi connectivity index (χ2n) is 8.61. The van der Waals surface area contributed by atoms with Crippen LogP contribution in [0.25, 0.3) is 0 Å². The van der Waals surface area contributed by atoms with Crippen molar-refractivity contribution in [3.05, 3.63) is 0 Å². The van der Waals surface area contributed by atoms with Crippen LogP contribution in [0.4, 0.5) is 0 Å². The molecule has 0 aromatic carbocycles. The van der Waals surface area contributed by atoms with E-state index >= 15 is 0 Å². The number of hydrogen-bond donors (Lipinski definition) is 0. The normalized spacial score (nSPS) is 8.25. The summed E-state index contributed by atoms with van der Waals surface area (Å²) in [6, 6.07) is 0. The maximum Gasteiger partial charge on any atom is 3.00 e. The zero-order valence-corrected chi connectivity index (χ0v) is 31.7. The summed E-state index contributed by atoms with van der Waals surface area (Å²) in [6.45, 7) is 13.0. The Bertz CT molecular complexity index is 992. The first-order valence-corrected chi connectivity index (χ1v) is 14.8. The minimum Gasteiger partial charge on any atom is -0.550 e. The third kappa shape index (κ3) is 75.2. The first-order chi connectivity index (χ1) is 23.5. The second kappa shape index (κ2) is 43.8. The predicted molar refractivity (Wildman–Crippen MR) is 165 cm³/mol. The van der Waals surface area contributed by atoms with E-state index in [9.17, 15) is 72.9 Å². The van der Waals surface area contributed by atoms with Gasteiger partial charge in [0.15, 0.2) is 0 Å². The second-order valence-corrected chi connectivity index (χ2v) is 8.61. The van der Waals surface area contributed by atoms with Crippen LogP contribution < -0.4 is 15.3 Å². The van der Waals surface area contributed by atoms with Crippen molar-refractivity contribution in [2.24, 2.45) is 0 Å². The molecule has 0 aromatic rings. The summed E-state index contributed by atoms with van der Waals surface area (Å²) in [5, 5.41) is 27.8. The number of carbonyl (C=O) groups excluding carboxylic acids is 12. The van der Waals surface area contributed by atoms with Gasteiger partial charge in [0.1, 0.15) is 36.6 Å². The SMILES string of the molecule is CCC(=O)OOC(=O)CC(C)=O.CCC(=O)OOC(=O)CC(C)=O.CCC(=O)OOC(=O)CC(C)=O.CCC(=O)[O-].CCC(=O)[O-].CCC(=O)[O-].[Al+3]. The average molecular weight is 769 g/mol. The molecule has 0 spiro atoms. The quantitative estimate of drug-likeness (QED) is 0.0913. The first kappa shape index (κ1) is 61.9. The van der Waals surface area contributed by atoms with Crippen LogP contribution in [-0.4, -0.2) is 88.4 Å². The topological polar surface area (TPSA) is 329 Å². The van der Waals surface area contributed by atoms with Crippen LogP contribution in [0, 0.1) is 0 Å². The Labute approximate surface area is 310 Å². The molecule has 0 amide bonds. The van der Waals surface area contributed by atoms with Gasteiger partial charge in [-0.2, -0.15) is 0 Å². The molecule has 0 radical (unpaired) electrons. The van der Waals surface area contributed by atoms with Gasteiger partial charge in [-0.3, -0.25) is 14.4 Å². The number of carboxylic acids is 3. The maximum absolute atomic E-state index is 10.6.